The lowest BCUT2D eigenvalue weighted by Crippen LogP contribution is -2.37. The van der Waals surface area contributed by atoms with Crippen molar-refractivity contribution in [3.63, 3.8) is 0 Å². The van der Waals surface area contributed by atoms with Gasteiger partial charge in [0.25, 0.3) is 5.91 Å². The standard InChI is InChI=1S/C10H14N4O6/c11-7(18)3-1-12-10(19)14-8(3)13-9-6(17)5(16)4(2-15)20-9/h1,4-6,9,15-17H,2H2,(H2,11,18)(H2,12,13,14,19)/t4-,5+,6-,9-/m1/s1. The summed E-state index contributed by atoms with van der Waals surface area (Å²) in [6.07, 6.45) is -3.73. The van der Waals surface area contributed by atoms with Gasteiger partial charge in [-0.2, -0.15) is 4.98 Å². The second kappa shape index (κ2) is 5.54. The van der Waals surface area contributed by atoms with Crippen molar-refractivity contribution in [1.29, 1.82) is 0 Å². The highest BCUT2D eigenvalue weighted by molar-refractivity contribution is 5.97. The number of ether oxygens (including phenoxy) is 1. The first-order valence-electron chi connectivity index (χ1n) is 5.72. The molecule has 1 aromatic heterocycles. The summed E-state index contributed by atoms with van der Waals surface area (Å²) in [4.78, 5) is 28.1. The summed E-state index contributed by atoms with van der Waals surface area (Å²) >= 11 is 0. The fourth-order valence-corrected chi connectivity index (χ4v) is 1.85. The zero-order valence-electron chi connectivity index (χ0n) is 10.2. The summed E-state index contributed by atoms with van der Waals surface area (Å²) < 4.78 is 5.15. The van der Waals surface area contributed by atoms with E-state index >= 15 is 0 Å². The van der Waals surface area contributed by atoms with Gasteiger partial charge in [-0.25, -0.2) is 4.79 Å². The topological polar surface area (TPSA) is 171 Å². The minimum Gasteiger partial charge on any atom is -0.394 e. The molecule has 4 atom stereocenters. The van der Waals surface area contributed by atoms with E-state index in [9.17, 15) is 19.8 Å². The van der Waals surface area contributed by atoms with Crippen molar-refractivity contribution < 1.29 is 24.9 Å². The van der Waals surface area contributed by atoms with Crippen LogP contribution in [0.15, 0.2) is 11.0 Å². The third-order valence-electron chi connectivity index (χ3n) is 2.90. The van der Waals surface area contributed by atoms with Crippen molar-refractivity contribution in [1.82, 2.24) is 9.97 Å². The van der Waals surface area contributed by atoms with Crippen LogP contribution < -0.4 is 16.7 Å². The molecule has 1 amide bonds. The van der Waals surface area contributed by atoms with Crippen molar-refractivity contribution in [2.75, 3.05) is 11.9 Å². The maximum atomic E-state index is 11.2. The summed E-state index contributed by atoms with van der Waals surface area (Å²) in [5.41, 5.74) is 4.28. The summed E-state index contributed by atoms with van der Waals surface area (Å²) in [5.74, 6) is -1.03. The summed E-state index contributed by atoms with van der Waals surface area (Å²) in [6.45, 7) is -0.498. The third kappa shape index (κ3) is 2.63. The number of nitrogens with zero attached hydrogens (tertiary/aromatic N) is 1. The maximum Gasteiger partial charge on any atom is 0.346 e. The van der Waals surface area contributed by atoms with E-state index in [-0.39, 0.29) is 11.4 Å². The minimum absolute atomic E-state index is 0.109. The highest BCUT2D eigenvalue weighted by atomic mass is 16.6. The number of nitrogens with two attached hydrogens (primary N) is 1. The van der Waals surface area contributed by atoms with Gasteiger partial charge in [-0.3, -0.25) is 4.79 Å². The SMILES string of the molecule is NC(=O)c1c[nH]c(=O)nc1N[C@@H]1O[C@H](CO)[C@H](O)[C@H]1O. The molecule has 1 saturated heterocycles. The molecule has 0 aliphatic carbocycles. The van der Waals surface area contributed by atoms with Gasteiger partial charge in [0.1, 0.15) is 24.1 Å². The zero-order valence-corrected chi connectivity index (χ0v) is 10.2. The number of hydrogen-bond donors (Lipinski definition) is 6. The van der Waals surface area contributed by atoms with Crippen molar-refractivity contribution in [2.45, 2.75) is 24.5 Å². The van der Waals surface area contributed by atoms with Crippen LogP contribution in [0, 0.1) is 0 Å². The number of anilines is 1. The molecule has 2 heterocycles. The van der Waals surface area contributed by atoms with Gasteiger partial charge in [0.15, 0.2) is 6.23 Å². The van der Waals surface area contributed by atoms with Crippen LogP contribution in [-0.4, -0.2) is 62.3 Å². The molecule has 20 heavy (non-hydrogen) atoms. The van der Waals surface area contributed by atoms with Crippen LogP contribution in [0.4, 0.5) is 5.82 Å². The van der Waals surface area contributed by atoms with Gasteiger partial charge in [0.05, 0.1) is 12.2 Å². The number of hydrogen-bond acceptors (Lipinski definition) is 8. The molecule has 110 valence electrons. The van der Waals surface area contributed by atoms with E-state index in [0.717, 1.165) is 6.20 Å². The molecule has 10 nitrogen and oxygen atoms in total. The van der Waals surface area contributed by atoms with Crippen LogP contribution in [0.3, 0.4) is 0 Å². The fraction of sp³-hybridized carbons (Fsp3) is 0.500. The predicted octanol–water partition coefficient (Wildman–Crippen LogP) is -3.28. The molecule has 1 aliphatic heterocycles. The summed E-state index contributed by atoms with van der Waals surface area (Å²) in [5, 5.41) is 30.8. The van der Waals surface area contributed by atoms with Crippen LogP contribution in [0.1, 0.15) is 10.4 Å². The molecule has 0 bridgehead atoms. The first-order valence-corrected chi connectivity index (χ1v) is 5.72. The quantitative estimate of drug-likeness (QED) is 0.334. The predicted molar refractivity (Wildman–Crippen MR) is 64.8 cm³/mol. The zero-order chi connectivity index (χ0) is 14.9. The monoisotopic (exact) mass is 286 g/mol. The van der Waals surface area contributed by atoms with E-state index in [1.165, 1.54) is 0 Å². The lowest BCUT2D eigenvalue weighted by molar-refractivity contribution is -0.0154. The van der Waals surface area contributed by atoms with Gasteiger partial charge < -0.3 is 36.1 Å². The Balaban J connectivity index is 2.24. The summed E-state index contributed by atoms with van der Waals surface area (Å²) in [7, 11) is 0. The normalized spacial score (nSPS) is 29.4. The van der Waals surface area contributed by atoms with Gasteiger partial charge in [-0.05, 0) is 0 Å². The van der Waals surface area contributed by atoms with Crippen LogP contribution in [0.2, 0.25) is 0 Å². The molecule has 0 unspecified atom stereocenters. The molecule has 1 aliphatic rings. The molecular formula is C10H14N4O6. The Morgan fingerprint density at radius 2 is 2.20 bits per heavy atom. The number of carbonyl (C=O) groups is 1. The Labute approximate surface area is 112 Å². The Hall–Kier alpha value is -2.01. The van der Waals surface area contributed by atoms with Gasteiger partial charge in [0, 0.05) is 6.20 Å². The second-order valence-electron chi connectivity index (χ2n) is 4.24. The van der Waals surface area contributed by atoms with Crippen molar-refractivity contribution in [3.05, 3.63) is 22.2 Å². The van der Waals surface area contributed by atoms with E-state index in [1.807, 2.05) is 0 Å². The number of H-pyrrole nitrogens is 1. The van der Waals surface area contributed by atoms with Gasteiger partial charge >= 0.3 is 5.69 Å². The number of aliphatic hydroxyl groups excluding tert-OH is 3. The Morgan fingerprint density at radius 3 is 2.75 bits per heavy atom. The fourth-order valence-electron chi connectivity index (χ4n) is 1.85. The molecule has 7 N–H and O–H groups in total. The number of nitrogens with one attached hydrogen (secondary N) is 2. The van der Waals surface area contributed by atoms with Crippen LogP contribution >= 0.6 is 0 Å². The molecule has 1 aromatic rings. The highest BCUT2D eigenvalue weighted by Crippen LogP contribution is 2.22. The third-order valence-corrected chi connectivity index (χ3v) is 2.90. The minimum atomic E-state index is -1.37. The molecule has 2 rings (SSSR count). The molecule has 0 spiro atoms. The highest BCUT2D eigenvalue weighted by Gasteiger charge is 2.42. The largest absolute Gasteiger partial charge is 0.394 e. The Morgan fingerprint density at radius 1 is 1.50 bits per heavy atom. The average Bonchev–Trinajstić information content (AvgIpc) is 2.66. The van der Waals surface area contributed by atoms with Gasteiger partial charge in [-0.15, -0.1) is 0 Å². The van der Waals surface area contributed by atoms with Crippen LogP contribution in [0.5, 0.6) is 0 Å². The lowest BCUT2D eigenvalue weighted by atomic mass is 10.1. The number of aromatic amines is 1. The van der Waals surface area contributed by atoms with Crippen LogP contribution in [-0.2, 0) is 4.74 Å². The Bertz CT molecular complexity index is 561. The number of primary amides is 1. The average molecular weight is 286 g/mol. The first-order chi connectivity index (χ1) is 9.43. The molecular weight excluding hydrogens is 272 g/mol. The number of aromatic nitrogens is 2. The molecule has 0 saturated carbocycles. The van der Waals surface area contributed by atoms with Crippen molar-refractivity contribution >= 4 is 11.7 Å². The van der Waals surface area contributed by atoms with E-state index in [2.05, 4.69) is 15.3 Å². The molecule has 10 heteroatoms. The second-order valence-corrected chi connectivity index (χ2v) is 4.24. The smallest absolute Gasteiger partial charge is 0.346 e. The Kier molecular flexibility index (Phi) is 3.99. The number of carbonyl (C=O) groups excluding carboxylic acids is 1. The first kappa shape index (κ1) is 14.4. The number of rotatable bonds is 4. The lowest BCUT2D eigenvalue weighted by Gasteiger charge is -2.17. The maximum absolute atomic E-state index is 11.2. The molecule has 0 aromatic carbocycles. The van der Waals surface area contributed by atoms with E-state index in [1.54, 1.807) is 0 Å². The molecule has 0 radical (unpaired) electrons. The molecule has 1 fully saturated rings. The van der Waals surface area contributed by atoms with Crippen molar-refractivity contribution in [3.8, 4) is 0 Å². The van der Waals surface area contributed by atoms with Gasteiger partial charge in [0.2, 0.25) is 0 Å². The number of amides is 1. The van der Waals surface area contributed by atoms with Crippen LogP contribution in [0.25, 0.3) is 0 Å². The number of aliphatic hydroxyl groups is 3. The van der Waals surface area contributed by atoms with E-state index in [4.69, 9.17) is 15.6 Å². The van der Waals surface area contributed by atoms with E-state index in [0.29, 0.717) is 0 Å². The van der Waals surface area contributed by atoms with E-state index < -0.39 is 42.7 Å². The van der Waals surface area contributed by atoms with Crippen molar-refractivity contribution in [2.24, 2.45) is 5.73 Å². The summed E-state index contributed by atoms with van der Waals surface area (Å²) in [6, 6.07) is 0. The van der Waals surface area contributed by atoms with Gasteiger partial charge in [-0.1, -0.05) is 0 Å².